The predicted molar refractivity (Wildman–Crippen MR) is 90.5 cm³/mol. The van der Waals surface area contributed by atoms with Crippen molar-refractivity contribution in [3.8, 4) is 0 Å². The van der Waals surface area contributed by atoms with Crippen molar-refractivity contribution in [3.05, 3.63) is 30.3 Å². The van der Waals surface area contributed by atoms with Crippen LogP contribution in [0.25, 0.3) is 0 Å². The summed E-state index contributed by atoms with van der Waals surface area (Å²) in [4.78, 5) is 4.63. The lowest BCUT2D eigenvalue weighted by molar-refractivity contribution is 0.501. The van der Waals surface area contributed by atoms with Crippen molar-refractivity contribution in [1.29, 1.82) is 0 Å². The molecular weight excluding hydrogens is 300 g/mol. The maximum absolute atomic E-state index is 12.0. The molecule has 1 rings (SSSR count). The summed E-state index contributed by atoms with van der Waals surface area (Å²) < 4.78 is 26.6. The fourth-order valence-corrected chi connectivity index (χ4v) is 2.74. The summed E-state index contributed by atoms with van der Waals surface area (Å²) in [5.41, 5.74) is -0.107. The third kappa shape index (κ3) is 6.91. The summed E-state index contributed by atoms with van der Waals surface area (Å²) in [6.45, 7) is 9.46. The molecule has 7 heteroatoms. The van der Waals surface area contributed by atoms with E-state index in [1.54, 1.807) is 30.3 Å². The van der Waals surface area contributed by atoms with Gasteiger partial charge in [0.15, 0.2) is 5.96 Å². The lowest BCUT2D eigenvalue weighted by Gasteiger charge is -2.23. The Morgan fingerprint density at radius 2 is 1.82 bits per heavy atom. The third-order valence-electron chi connectivity index (χ3n) is 2.56. The molecule has 124 valence electrons. The summed E-state index contributed by atoms with van der Waals surface area (Å²) in [5, 5.41) is 6.38. The van der Waals surface area contributed by atoms with Crippen LogP contribution in [0.1, 0.15) is 27.7 Å². The monoisotopic (exact) mass is 326 g/mol. The Morgan fingerprint density at radius 1 is 1.18 bits per heavy atom. The molecule has 1 aromatic carbocycles. The van der Waals surface area contributed by atoms with Crippen LogP contribution in [0, 0.1) is 0 Å². The molecule has 0 radical (unpaired) electrons. The molecular formula is C15H26N4O2S. The second kappa shape index (κ2) is 8.14. The molecule has 0 heterocycles. The summed E-state index contributed by atoms with van der Waals surface area (Å²) in [7, 11) is -3.47. The molecule has 0 aromatic heterocycles. The van der Waals surface area contributed by atoms with Gasteiger partial charge in [-0.15, -0.1) is 0 Å². The van der Waals surface area contributed by atoms with Gasteiger partial charge in [0.1, 0.15) is 0 Å². The molecule has 6 nitrogen and oxygen atoms in total. The van der Waals surface area contributed by atoms with Gasteiger partial charge < -0.3 is 10.6 Å². The highest BCUT2D eigenvalue weighted by Gasteiger charge is 2.13. The quantitative estimate of drug-likeness (QED) is 0.418. The molecule has 0 spiro atoms. The molecule has 0 aliphatic carbocycles. The predicted octanol–water partition coefficient (Wildman–Crippen LogP) is 1.32. The van der Waals surface area contributed by atoms with E-state index in [1.165, 1.54) is 0 Å². The van der Waals surface area contributed by atoms with Crippen LogP contribution >= 0.6 is 0 Å². The van der Waals surface area contributed by atoms with Crippen molar-refractivity contribution in [2.24, 2.45) is 4.99 Å². The van der Waals surface area contributed by atoms with Gasteiger partial charge in [0.2, 0.25) is 10.0 Å². The minimum absolute atomic E-state index is 0.107. The van der Waals surface area contributed by atoms with Crippen LogP contribution < -0.4 is 15.4 Å². The maximum atomic E-state index is 12.0. The first-order valence-corrected chi connectivity index (χ1v) is 8.84. The molecule has 22 heavy (non-hydrogen) atoms. The fraction of sp³-hybridized carbons (Fsp3) is 0.533. The SMILES string of the molecule is CCNC(=NCCNS(=O)(=O)c1ccccc1)NC(C)(C)C. The molecule has 0 unspecified atom stereocenters. The van der Waals surface area contributed by atoms with E-state index >= 15 is 0 Å². The van der Waals surface area contributed by atoms with Crippen molar-refractivity contribution in [2.75, 3.05) is 19.6 Å². The van der Waals surface area contributed by atoms with E-state index in [2.05, 4.69) is 20.3 Å². The number of guanidine groups is 1. The molecule has 0 atom stereocenters. The fourth-order valence-electron chi connectivity index (χ4n) is 1.69. The van der Waals surface area contributed by atoms with Gasteiger partial charge in [-0.05, 0) is 39.8 Å². The highest BCUT2D eigenvalue weighted by molar-refractivity contribution is 7.89. The summed E-state index contributed by atoms with van der Waals surface area (Å²) in [5.74, 6) is 0.675. The van der Waals surface area contributed by atoms with Gasteiger partial charge in [-0.2, -0.15) is 0 Å². The van der Waals surface area contributed by atoms with Crippen molar-refractivity contribution >= 4 is 16.0 Å². The van der Waals surface area contributed by atoms with Crippen LogP contribution in [0.3, 0.4) is 0 Å². The number of benzene rings is 1. The highest BCUT2D eigenvalue weighted by Crippen LogP contribution is 2.06. The molecule has 0 fully saturated rings. The zero-order valence-electron chi connectivity index (χ0n) is 13.7. The van der Waals surface area contributed by atoms with Crippen molar-refractivity contribution in [3.63, 3.8) is 0 Å². The minimum atomic E-state index is -3.47. The van der Waals surface area contributed by atoms with Crippen LogP contribution in [-0.2, 0) is 10.0 Å². The maximum Gasteiger partial charge on any atom is 0.240 e. The largest absolute Gasteiger partial charge is 0.357 e. The summed E-state index contributed by atoms with van der Waals surface area (Å²) in [6.07, 6.45) is 0. The Hall–Kier alpha value is -1.60. The van der Waals surface area contributed by atoms with E-state index in [-0.39, 0.29) is 17.0 Å². The van der Waals surface area contributed by atoms with Gasteiger partial charge in [0, 0.05) is 18.6 Å². The van der Waals surface area contributed by atoms with Crippen LogP contribution in [0.4, 0.5) is 0 Å². The first-order valence-electron chi connectivity index (χ1n) is 7.36. The molecule has 0 bridgehead atoms. The van der Waals surface area contributed by atoms with Crippen LogP contribution in [0.15, 0.2) is 40.2 Å². The van der Waals surface area contributed by atoms with Gasteiger partial charge in [-0.25, -0.2) is 13.1 Å². The molecule has 0 saturated heterocycles. The average molecular weight is 326 g/mol. The number of nitrogens with one attached hydrogen (secondary N) is 3. The molecule has 0 amide bonds. The smallest absolute Gasteiger partial charge is 0.240 e. The molecule has 3 N–H and O–H groups in total. The second-order valence-corrected chi connectivity index (χ2v) is 7.61. The van der Waals surface area contributed by atoms with Crippen molar-refractivity contribution in [2.45, 2.75) is 38.1 Å². The van der Waals surface area contributed by atoms with E-state index in [4.69, 9.17) is 0 Å². The Kier molecular flexibility index (Phi) is 6.83. The zero-order chi connectivity index (χ0) is 16.6. The van der Waals surface area contributed by atoms with Crippen molar-refractivity contribution < 1.29 is 8.42 Å². The number of nitrogens with zero attached hydrogens (tertiary/aromatic N) is 1. The zero-order valence-corrected chi connectivity index (χ0v) is 14.5. The van der Waals surface area contributed by atoms with E-state index < -0.39 is 10.0 Å². The average Bonchev–Trinajstić information content (AvgIpc) is 2.43. The van der Waals surface area contributed by atoms with E-state index in [1.807, 2.05) is 27.7 Å². The Labute approximate surface area is 133 Å². The summed E-state index contributed by atoms with van der Waals surface area (Å²) in [6, 6.07) is 8.31. The number of rotatable bonds is 6. The number of hydrogen-bond acceptors (Lipinski definition) is 3. The number of sulfonamides is 1. The van der Waals surface area contributed by atoms with Gasteiger partial charge >= 0.3 is 0 Å². The van der Waals surface area contributed by atoms with Gasteiger partial charge in [-0.3, -0.25) is 4.99 Å². The first kappa shape index (κ1) is 18.4. The van der Waals surface area contributed by atoms with Gasteiger partial charge in [0.05, 0.1) is 11.4 Å². The Morgan fingerprint density at radius 3 is 2.36 bits per heavy atom. The Balaban J connectivity index is 2.56. The van der Waals surface area contributed by atoms with Gasteiger partial charge in [0.25, 0.3) is 0 Å². The summed E-state index contributed by atoms with van der Waals surface area (Å²) >= 11 is 0. The third-order valence-corrected chi connectivity index (χ3v) is 4.04. The standard InChI is InChI=1S/C15H26N4O2S/c1-5-16-14(19-15(2,3)4)17-11-12-18-22(20,21)13-9-7-6-8-10-13/h6-10,18H,5,11-12H2,1-4H3,(H2,16,17,19). The molecule has 0 saturated carbocycles. The van der Waals surface area contributed by atoms with E-state index in [9.17, 15) is 8.42 Å². The van der Waals surface area contributed by atoms with Crippen LogP contribution in [0.5, 0.6) is 0 Å². The molecule has 0 aliphatic rings. The number of hydrogen-bond donors (Lipinski definition) is 3. The molecule has 0 aliphatic heterocycles. The minimum Gasteiger partial charge on any atom is -0.357 e. The first-order chi connectivity index (χ1) is 10.2. The molecule has 1 aromatic rings. The van der Waals surface area contributed by atoms with E-state index in [0.717, 1.165) is 6.54 Å². The van der Waals surface area contributed by atoms with Gasteiger partial charge in [-0.1, -0.05) is 18.2 Å². The number of aliphatic imine (C=N–C) groups is 1. The van der Waals surface area contributed by atoms with Crippen molar-refractivity contribution in [1.82, 2.24) is 15.4 Å². The lowest BCUT2D eigenvalue weighted by atomic mass is 10.1. The lowest BCUT2D eigenvalue weighted by Crippen LogP contribution is -2.47. The van der Waals surface area contributed by atoms with Crippen LogP contribution in [-0.4, -0.2) is 39.6 Å². The highest BCUT2D eigenvalue weighted by atomic mass is 32.2. The second-order valence-electron chi connectivity index (χ2n) is 5.85. The van der Waals surface area contributed by atoms with Crippen LogP contribution in [0.2, 0.25) is 0 Å². The normalized spacial score (nSPS) is 13.0. The Bertz CT molecular complexity index is 577. The van der Waals surface area contributed by atoms with E-state index in [0.29, 0.717) is 12.5 Å². The topological polar surface area (TPSA) is 82.6 Å².